The first-order valence-electron chi connectivity index (χ1n) is 7.79. The van der Waals surface area contributed by atoms with Crippen LogP contribution in [0, 0.1) is 0 Å². The molecule has 0 aliphatic heterocycles. The normalized spacial score (nSPS) is 10.9. The molecule has 0 bridgehead atoms. The van der Waals surface area contributed by atoms with Crippen molar-refractivity contribution < 1.29 is 0 Å². The minimum Gasteiger partial charge on any atom is -0.383 e. The van der Waals surface area contributed by atoms with Crippen molar-refractivity contribution in [2.75, 3.05) is 5.73 Å². The number of hydrogen-bond acceptors (Lipinski definition) is 5. The summed E-state index contributed by atoms with van der Waals surface area (Å²) in [6.07, 6.45) is 1.68. The van der Waals surface area contributed by atoms with Gasteiger partial charge in [0.15, 0.2) is 5.82 Å². The number of anilines is 1. The van der Waals surface area contributed by atoms with Gasteiger partial charge in [0.1, 0.15) is 5.82 Å². The van der Waals surface area contributed by atoms with Gasteiger partial charge in [0.05, 0.1) is 21.3 Å². The highest BCUT2D eigenvalue weighted by atomic mass is 35.5. The van der Waals surface area contributed by atoms with E-state index in [4.69, 9.17) is 40.5 Å². The van der Waals surface area contributed by atoms with Gasteiger partial charge < -0.3 is 5.73 Å². The molecule has 0 aliphatic carbocycles. The summed E-state index contributed by atoms with van der Waals surface area (Å²) in [4.78, 5) is 4.29. The summed E-state index contributed by atoms with van der Waals surface area (Å²) in [5, 5.41) is 13.3. The predicted octanol–water partition coefficient (Wildman–Crippen LogP) is 4.93. The molecule has 4 rings (SSSR count). The fourth-order valence-corrected chi connectivity index (χ4v) is 3.13. The second-order valence-electron chi connectivity index (χ2n) is 5.65. The number of benzene rings is 2. The first-order chi connectivity index (χ1) is 13.0. The Labute approximate surface area is 169 Å². The van der Waals surface area contributed by atoms with Crippen molar-refractivity contribution in [3.8, 4) is 28.2 Å². The van der Waals surface area contributed by atoms with Gasteiger partial charge in [-0.15, -0.1) is 5.10 Å². The number of nitrogens with zero attached hydrogens (tertiary/aromatic N) is 5. The van der Waals surface area contributed by atoms with Crippen molar-refractivity contribution in [1.29, 1.82) is 0 Å². The van der Waals surface area contributed by atoms with Crippen LogP contribution in [0.4, 0.5) is 5.82 Å². The third kappa shape index (κ3) is 3.35. The predicted molar refractivity (Wildman–Crippen MR) is 107 cm³/mol. The van der Waals surface area contributed by atoms with Crippen LogP contribution in [0.2, 0.25) is 15.1 Å². The van der Waals surface area contributed by atoms with Gasteiger partial charge in [-0.1, -0.05) is 53.0 Å². The van der Waals surface area contributed by atoms with Crippen molar-refractivity contribution >= 4 is 40.6 Å². The molecular weight excluding hydrogens is 407 g/mol. The second kappa shape index (κ2) is 7.15. The number of pyridine rings is 1. The molecule has 6 nitrogen and oxygen atoms in total. The Morgan fingerprint density at radius 3 is 2.48 bits per heavy atom. The lowest BCUT2D eigenvalue weighted by Gasteiger charge is -2.10. The first-order valence-corrected chi connectivity index (χ1v) is 8.92. The summed E-state index contributed by atoms with van der Waals surface area (Å²) in [6, 6.07) is 14.5. The minimum atomic E-state index is 0.293. The second-order valence-corrected chi connectivity index (χ2v) is 6.87. The molecule has 0 aliphatic rings. The topological polar surface area (TPSA) is 82.5 Å². The largest absolute Gasteiger partial charge is 0.383 e. The van der Waals surface area contributed by atoms with Gasteiger partial charge >= 0.3 is 0 Å². The molecule has 0 spiro atoms. The third-order valence-corrected chi connectivity index (χ3v) is 5.03. The van der Waals surface area contributed by atoms with E-state index in [1.807, 2.05) is 30.3 Å². The van der Waals surface area contributed by atoms with Crippen LogP contribution < -0.4 is 5.73 Å². The Kier molecular flexibility index (Phi) is 4.70. The van der Waals surface area contributed by atoms with Crippen molar-refractivity contribution in [2.24, 2.45) is 0 Å². The monoisotopic (exact) mass is 416 g/mol. The van der Waals surface area contributed by atoms with Gasteiger partial charge in [0, 0.05) is 16.8 Å². The van der Waals surface area contributed by atoms with Crippen molar-refractivity contribution in [2.45, 2.75) is 0 Å². The smallest absolute Gasteiger partial charge is 0.190 e. The van der Waals surface area contributed by atoms with Crippen LogP contribution in [-0.4, -0.2) is 25.2 Å². The summed E-state index contributed by atoms with van der Waals surface area (Å²) in [5.41, 5.74) is 9.00. The number of aromatic nitrogens is 5. The summed E-state index contributed by atoms with van der Waals surface area (Å²) in [5.74, 6) is 0.696. The molecule has 2 N–H and O–H groups in total. The molecule has 0 fully saturated rings. The zero-order chi connectivity index (χ0) is 19.0. The van der Waals surface area contributed by atoms with E-state index in [0.717, 1.165) is 11.1 Å². The Hall–Kier alpha value is -2.67. The first kappa shape index (κ1) is 17.7. The van der Waals surface area contributed by atoms with Crippen molar-refractivity contribution in [1.82, 2.24) is 25.2 Å². The molecular formula is C18H11Cl3N6. The fourth-order valence-electron chi connectivity index (χ4n) is 2.63. The molecule has 0 amide bonds. The zero-order valence-corrected chi connectivity index (χ0v) is 15.9. The molecule has 0 saturated carbocycles. The zero-order valence-electron chi connectivity index (χ0n) is 13.6. The average molecular weight is 418 g/mol. The Balaban J connectivity index is 1.86. The molecule has 2 heterocycles. The molecule has 0 atom stereocenters. The van der Waals surface area contributed by atoms with E-state index in [2.05, 4.69) is 20.5 Å². The van der Waals surface area contributed by atoms with Gasteiger partial charge in [0.25, 0.3) is 0 Å². The van der Waals surface area contributed by atoms with Crippen LogP contribution >= 0.6 is 34.8 Å². The Bertz CT molecular complexity index is 1120. The lowest BCUT2D eigenvalue weighted by atomic mass is 10.1. The van der Waals surface area contributed by atoms with Gasteiger partial charge in [-0.25, -0.2) is 4.98 Å². The third-order valence-electron chi connectivity index (χ3n) is 3.97. The Morgan fingerprint density at radius 1 is 0.926 bits per heavy atom. The van der Waals surface area contributed by atoms with Crippen LogP contribution in [0.15, 0.2) is 54.7 Å². The maximum Gasteiger partial charge on any atom is 0.190 e. The number of rotatable bonds is 3. The summed E-state index contributed by atoms with van der Waals surface area (Å²) in [6.45, 7) is 0. The van der Waals surface area contributed by atoms with Crippen LogP contribution in [0.25, 0.3) is 28.2 Å². The highest BCUT2D eigenvalue weighted by molar-refractivity contribution is 6.43. The molecule has 0 saturated heterocycles. The summed E-state index contributed by atoms with van der Waals surface area (Å²) in [7, 11) is 0. The number of halogens is 3. The maximum atomic E-state index is 6.32. The van der Waals surface area contributed by atoms with Gasteiger partial charge in [-0.2, -0.15) is 4.68 Å². The molecule has 2 aromatic carbocycles. The Morgan fingerprint density at radius 2 is 1.70 bits per heavy atom. The van der Waals surface area contributed by atoms with Crippen LogP contribution in [0.3, 0.4) is 0 Å². The van der Waals surface area contributed by atoms with E-state index in [9.17, 15) is 0 Å². The molecule has 0 unspecified atom stereocenters. The molecule has 4 aromatic rings. The fraction of sp³-hybridized carbons (Fsp3) is 0. The van der Waals surface area contributed by atoms with E-state index < -0.39 is 0 Å². The van der Waals surface area contributed by atoms with E-state index in [1.54, 1.807) is 24.4 Å². The van der Waals surface area contributed by atoms with Crippen LogP contribution in [0.5, 0.6) is 0 Å². The number of nitrogen functional groups attached to an aromatic ring is 1. The van der Waals surface area contributed by atoms with E-state index >= 15 is 0 Å². The van der Waals surface area contributed by atoms with Gasteiger partial charge in [0.2, 0.25) is 0 Å². The van der Waals surface area contributed by atoms with Gasteiger partial charge in [-0.3, -0.25) is 0 Å². The molecule has 2 aromatic heterocycles. The number of nitrogens with two attached hydrogens (primary N) is 1. The lowest BCUT2D eigenvalue weighted by Crippen LogP contribution is -2.04. The standard InChI is InChI=1S/C18H11Cl3N6/c19-12-6-4-10(5-7-12)11-8-13(17(22)23-9-11)18-24-25-26-27(18)15-3-1-2-14(20)16(15)21/h1-9H,(H2,22,23). The summed E-state index contributed by atoms with van der Waals surface area (Å²) >= 11 is 18.4. The minimum absolute atomic E-state index is 0.293. The average Bonchev–Trinajstić information content (AvgIpc) is 3.14. The van der Waals surface area contributed by atoms with Crippen molar-refractivity contribution in [3.63, 3.8) is 0 Å². The highest BCUT2D eigenvalue weighted by Gasteiger charge is 2.18. The summed E-state index contributed by atoms with van der Waals surface area (Å²) < 4.78 is 1.48. The van der Waals surface area contributed by atoms with Crippen LogP contribution in [0.1, 0.15) is 0 Å². The maximum absolute atomic E-state index is 6.32. The van der Waals surface area contributed by atoms with E-state index in [0.29, 0.717) is 38.0 Å². The molecule has 9 heteroatoms. The quantitative estimate of drug-likeness (QED) is 0.511. The van der Waals surface area contributed by atoms with E-state index in [-0.39, 0.29) is 0 Å². The van der Waals surface area contributed by atoms with Crippen molar-refractivity contribution in [3.05, 3.63) is 69.8 Å². The molecule has 0 radical (unpaired) electrons. The van der Waals surface area contributed by atoms with Gasteiger partial charge in [-0.05, 0) is 46.3 Å². The lowest BCUT2D eigenvalue weighted by molar-refractivity contribution is 0.791. The molecule has 27 heavy (non-hydrogen) atoms. The SMILES string of the molecule is Nc1ncc(-c2ccc(Cl)cc2)cc1-c1nnnn1-c1cccc(Cl)c1Cl. The number of hydrogen-bond donors (Lipinski definition) is 1. The number of tetrazole rings is 1. The van der Waals surface area contributed by atoms with Crippen LogP contribution in [-0.2, 0) is 0 Å². The molecule has 134 valence electrons. The highest BCUT2D eigenvalue weighted by Crippen LogP contribution is 2.33. The van der Waals surface area contributed by atoms with E-state index in [1.165, 1.54) is 4.68 Å².